The summed E-state index contributed by atoms with van der Waals surface area (Å²) in [6, 6.07) is 5.85. The third-order valence-corrected chi connectivity index (χ3v) is 12.5. The Labute approximate surface area is 263 Å². The van der Waals surface area contributed by atoms with Crippen molar-refractivity contribution >= 4 is 16.6 Å². The number of benzene rings is 1. The SMILES string of the molecule is C=C(C)C(F)(F)C(F)(F)CCCS(=O)CCCCCCCCC[C@@H]1Cc2cc(O)ccc2C2CC[C@]3(C)C(=C)C(=O)CC3C21. The van der Waals surface area contributed by atoms with E-state index in [-0.39, 0.29) is 23.4 Å². The molecule has 0 saturated heterocycles. The molecular formula is C36H50F4O3S. The van der Waals surface area contributed by atoms with Crippen molar-refractivity contribution in [2.45, 2.75) is 122 Å². The van der Waals surface area contributed by atoms with Gasteiger partial charge in [-0.05, 0) is 109 Å². The Morgan fingerprint density at radius 2 is 1.66 bits per heavy atom. The van der Waals surface area contributed by atoms with Crippen LogP contribution in [0.4, 0.5) is 17.6 Å². The average molecular weight is 639 g/mol. The smallest absolute Gasteiger partial charge is 0.330 e. The summed E-state index contributed by atoms with van der Waals surface area (Å²) in [4.78, 5) is 12.8. The fraction of sp³-hybridized carbons (Fsp3) is 0.694. The van der Waals surface area contributed by atoms with E-state index in [9.17, 15) is 31.7 Å². The van der Waals surface area contributed by atoms with Crippen molar-refractivity contribution in [3.8, 4) is 5.75 Å². The lowest BCUT2D eigenvalue weighted by molar-refractivity contribution is -0.188. The number of hydrogen-bond donors (Lipinski definition) is 1. The Hall–Kier alpha value is -1.96. The largest absolute Gasteiger partial charge is 0.508 e. The van der Waals surface area contributed by atoms with Crippen LogP contribution >= 0.6 is 0 Å². The third kappa shape index (κ3) is 7.36. The van der Waals surface area contributed by atoms with Gasteiger partial charge in [0.05, 0.1) is 0 Å². The third-order valence-electron chi connectivity index (χ3n) is 11.0. The van der Waals surface area contributed by atoms with Crippen LogP contribution in [0.25, 0.3) is 0 Å². The maximum absolute atomic E-state index is 13.8. The van der Waals surface area contributed by atoms with E-state index in [0.29, 0.717) is 41.6 Å². The van der Waals surface area contributed by atoms with Crippen molar-refractivity contribution in [1.29, 1.82) is 0 Å². The second kappa shape index (κ2) is 14.2. The van der Waals surface area contributed by atoms with Gasteiger partial charge in [0.25, 0.3) is 0 Å². The van der Waals surface area contributed by atoms with Gasteiger partial charge in [-0.25, -0.2) is 0 Å². The van der Waals surface area contributed by atoms with Crippen molar-refractivity contribution < 1.29 is 31.7 Å². The van der Waals surface area contributed by atoms with Crippen molar-refractivity contribution in [3.63, 3.8) is 0 Å². The van der Waals surface area contributed by atoms with Crippen LogP contribution in [0.1, 0.15) is 114 Å². The van der Waals surface area contributed by atoms with Gasteiger partial charge in [-0.1, -0.05) is 64.7 Å². The van der Waals surface area contributed by atoms with Crippen molar-refractivity contribution in [2.24, 2.45) is 23.2 Å². The summed E-state index contributed by atoms with van der Waals surface area (Å²) in [7, 11) is -1.28. The van der Waals surface area contributed by atoms with Crippen molar-refractivity contribution in [3.05, 3.63) is 53.6 Å². The molecule has 0 heterocycles. The van der Waals surface area contributed by atoms with E-state index >= 15 is 0 Å². The predicted octanol–water partition coefficient (Wildman–Crippen LogP) is 9.71. The summed E-state index contributed by atoms with van der Waals surface area (Å²) in [5.74, 6) is -5.71. The number of phenols is 1. The topological polar surface area (TPSA) is 54.4 Å². The van der Waals surface area contributed by atoms with Crippen molar-refractivity contribution in [2.75, 3.05) is 11.5 Å². The molecule has 8 heteroatoms. The van der Waals surface area contributed by atoms with Crippen LogP contribution in [0.3, 0.4) is 0 Å². The average Bonchev–Trinajstić information content (AvgIpc) is 3.19. The number of Topliss-reactive ketones (excluding diaryl/α,β-unsaturated/α-hetero) is 1. The summed E-state index contributed by atoms with van der Waals surface area (Å²) in [5.41, 5.74) is 2.49. The molecule has 0 spiro atoms. The summed E-state index contributed by atoms with van der Waals surface area (Å²) < 4.78 is 67.0. The lowest BCUT2D eigenvalue weighted by Crippen LogP contribution is -2.44. The first-order chi connectivity index (χ1) is 20.7. The molecule has 2 fully saturated rings. The van der Waals surface area contributed by atoms with Crippen LogP contribution in [-0.4, -0.2) is 38.4 Å². The number of halogens is 4. The second-order valence-corrected chi connectivity index (χ2v) is 15.7. The summed E-state index contributed by atoms with van der Waals surface area (Å²) in [5, 5.41) is 10.2. The van der Waals surface area contributed by atoms with Gasteiger partial charge in [0.2, 0.25) is 0 Å². The molecule has 1 aromatic carbocycles. The van der Waals surface area contributed by atoms with Gasteiger partial charge >= 0.3 is 11.8 Å². The van der Waals surface area contributed by atoms with Gasteiger partial charge in [-0.2, -0.15) is 17.6 Å². The van der Waals surface area contributed by atoms with Crippen LogP contribution in [0.15, 0.2) is 42.5 Å². The number of carbonyl (C=O) groups is 1. The Bertz CT molecular complexity index is 1240. The highest BCUT2D eigenvalue weighted by atomic mass is 32.2. The fourth-order valence-electron chi connectivity index (χ4n) is 8.36. The molecule has 4 rings (SSSR count). The molecule has 3 nitrogen and oxygen atoms in total. The first kappa shape index (κ1) is 34.9. The molecule has 0 aromatic heterocycles. The van der Waals surface area contributed by atoms with Gasteiger partial charge in [0, 0.05) is 35.1 Å². The number of rotatable bonds is 16. The predicted molar refractivity (Wildman–Crippen MR) is 170 cm³/mol. The second-order valence-electron chi connectivity index (χ2n) is 14.0. The zero-order chi connectivity index (χ0) is 32.3. The molecule has 1 N–H and O–H groups in total. The quantitative estimate of drug-likeness (QED) is 0.0849. The normalized spacial score (nSPS) is 27.5. The molecule has 246 valence electrons. The van der Waals surface area contributed by atoms with Crippen molar-refractivity contribution in [1.82, 2.24) is 0 Å². The number of unbranched alkanes of at least 4 members (excludes halogenated alkanes) is 6. The van der Waals surface area contributed by atoms with Gasteiger partial charge in [-0.15, -0.1) is 0 Å². The Kier molecular flexibility index (Phi) is 11.3. The van der Waals surface area contributed by atoms with Gasteiger partial charge in [0.15, 0.2) is 5.78 Å². The lowest BCUT2D eigenvalue weighted by Gasteiger charge is -2.52. The highest BCUT2D eigenvalue weighted by molar-refractivity contribution is 7.84. The van der Waals surface area contributed by atoms with E-state index in [1.165, 1.54) is 11.1 Å². The lowest BCUT2D eigenvalue weighted by atomic mass is 9.52. The van der Waals surface area contributed by atoms with Crippen LogP contribution in [-0.2, 0) is 22.0 Å². The number of fused-ring (bicyclic) bond motifs is 5. The van der Waals surface area contributed by atoms with E-state index in [4.69, 9.17) is 0 Å². The maximum atomic E-state index is 13.8. The van der Waals surface area contributed by atoms with Gasteiger partial charge < -0.3 is 5.11 Å². The minimum absolute atomic E-state index is 0.0112. The zero-order valence-electron chi connectivity index (χ0n) is 26.5. The molecule has 6 atom stereocenters. The molecule has 0 amide bonds. The maximum Gasteiger partial charge on any atom is 0.330 e. The minimum Gasteiger partial charge on any atom is -0.508 e. The number of hydrogen-bond acceptors (Lipinski definition) is 3. The molecule has 44 heavy (non-hydrogen) atoms. The summed E-state index contributed by atoms with van der Waals surface area (Å²) in [6.45, 7) is 10.3. The molecule has 4 unspecified atom stereocenters. The van der Waals surface area contributed by atoms with E-state index in [1.54, 1.807) is 6.07 Å². The molecule has 3 aliphatic carbocycles. The van der Waals surface area contributed by atoms with E-state index in [0.717, 1.165) is 83.1 Å². The Morgan fingerprint density at radius 1 is 1.02 bits per heavy atom. The first-order valence-electron chi connectivity index (χ1n) is 16.5. The highest BCUT2D eigenvalue weighted by Crippen LogP contribution is 2.63. The van der Waals surface area contributed by atoms with E-state index in [1.807, 2.05) is 6.07 Å². The van der Waals surface area contributed by atoms with Gasteiger partial charge in [0.1, 0.15) is 5.75 Å². The molecule has 3 aliphatic rings. The molecule has 0 radical (unpaired) electrons. The van der Waals surface area contributed by atoms with Gasteiger partial charge in [-0.3, -0.25) is 9.00 Å². The standard InChI is InChI=1S/C36H50F4O3S/c1-24(2)36(39,40)35(37,38)17-12-20-44(43)19-11-9-7-5-6-8-10-13-26-21-27-22-28(41)14-15-29(27)30-16-18-34(4)25(3)32(42)23-31(34)33(26)30/h14-15,22,26,30-31,33,41H,1,3,5-13,16-21,23H2,2,4H3/t26-,30?,31?,33?,34-,44?/m1/s1. The number of aromatic hydroxyl groups is 1. The summed E-state index contributed by atoms with van der Waals surface area (Å²) >= 11 is 0. The van der Waals surface area contributed by atoms with E-state index < -0.39 is 34.6 Å². The van der Waals surface area contributed by atoms with Crippen LogP contribution in [0.5, 0.6) is 5.75 Å². The molecule has 0 aliphatic heterocycles. The monoisotopic (exact) mass is 638 g/mol. The highest BCUT2D eigenvalue weighted by Gasteiger charge is 2.57. The van der Waals surface area contributed by atoms with E-state index in [2.05, 4.69) is 26.1 Å². The number of phenolic OH excluding ortho intramolecular Hbond substituents is 1. The molecule has 2 saturated carbocycles. The number of ketones is 1. The number of carbonyl (C=O) groups excluding carboxylic acids is 1. The Morgan fingerprint density at radius 3 is 2.34 bits per heavy atom. The number of allylic oxidation sites excluding steroid dienone is 2. The van der Waals surface area contributed by atoms with Crippen LogP contribution in [0, 0.1) is 23.2 Å². The van der Waals surface area contributed by atoms with Crippen LogP contribution < -0.4 is 0 Å². The molecule has 1 aromatic rings. The first-order valence-corrected chi connectivity index (χ1v) is 18.0. The van der Waals surface area contributed by atoms with Crippen LogP contribution in [0.2, 0.25) is 0 Å². The molecular weight excluding hydrogens is 588 g/mol. The zero-order valence-corrected chi connectivity index (χ0v) is 27.3. The minimum atomic E-state index is -4.24. The fourth-order valence-corrected chi connectivity index (χ4v) is 9.56. The summed E-state index contributed by atoms with van der Waals surface area (Å²) in [6.07, 6.45) is 10.6. The molecule has 0 bridgehead atoms. The number of alkyl halides is 4. The Balaban J connectivity index is 1.16.